The van der Waals surface area contributed by atoms with Crippen LogP contribution in [0, 0.1) is 0 Å². The number of anilines is 1. The van der Waals surface area contributed by atoms with Gasteiger partial charge in [0, 0.05) is 17.3 Å². The summed E-state index contributed by atoms with van der Waals surface area (Å²) in [5.41, 5.74) is 1.83. The Hall–Kier alpha value is -3.43. The van der Waals surface area contributed by atoms with Gasteiger partial charge in [0.25, 0.3) is 5.56 Å². The van der Waals surface area contributed by atoms with Crippen molar-refractivity contribution in [2.45, 2.75) is 24.7 Å². The van der Waals surface area contributed by atoms with Gasteiger partial charge in [-0.25, -0.2) is 4.98 Å². The molecule has 3 aromatic carbocycles. The Morgan fingerprint density at radius 1 is 1.06 bits per heavy atom. The van der Waals surface area contributed by atoms with E-state index in [0.717, 1.165) is 17.3 Å². The largest absolute Gasteiger partial charge is 0.435 e. The lowest BCUT2D eigenvalue weighted by atomic mass is 10.1. The lowest BCUT2D eigenvalue weighted by Crippen LogP contribution is -2.25. The van der Waals surface area contributed by atoms with Crippen LogP contribution in [0.3, 0.4) is 0 Å². The van der Waals surface area contributed by atoms with Crippen LogP contribution in [-0.4, -0.2) is 27.8 Å². The highest BCUT2D eigenvalue weighted by Gasteiger charge is 2.14. The molecule has 1 aromatic heterocycles. The van der Waals surface area contributed by atoms with Gasteiger partial charge in [-0.2, -0.15) is 8.78 Å². The molecule has 4 rings (SSSR count). The molecule has 6 nitrogen and oxygen atoms in total. The number of ether oxygens (including phenoxy) is 1. The van der Waals surface area contributed by atoms with Crippen molar-refractivity contribution in [1.29, 1.82) is 0 Å². The third-order valence-electron chi connectivity index (χ3n) is 5.06. The van der Waals surface area contributed by atoms with E-state index >= 15 is 0 Å². The first-order valence-electron chi connectivity index (χ1n) is 10.6. The Labute approximate surface area is 208 Å². The molecular formula is C25H20ClF2N3O3S. The normalized spacial score (nSPS) is 11.1. The zero-order valence-electron chi connectivity index (χ0n) is 18.3. The molecular weight excluding hydrogens is 496 g/mol. The van der Waals surface area contributed by atoms with Crippen molar-refractivity contribution in [1.82, 2.24) is 9.55 Å². The Morgan fingerprint density at radius 2 is 1.77 bits per heavy atom. The van der Waals surface area contributed by atoms with Crippen molar-refractivity contribution in [2.75, 3.05) is 11.1 Å². The molecule has 0 aliphatic carbocycles. The van der Waals surface area contributed by atoms with Crippen LogP contribution < -0.4 is 15.6 Å². The van der Waals surface area contributed by atoms with Crippen LogP contribution in [0.25, 0.3) is 10.9 Å². The number of nitrogens with zero attached hydrogens (tertiary/aromatic N) is 2. The van der Waals surface area contributed by atoms with Crippen LogP contribution in [0.4, 0.5) is 14.5 Å². The molecule has 4 aromatic rings. The SMILES string of the molecule is O=C(CSc1nc2ccccc2c(=O)n1CCc1ccc(Cl)cc1)Nc1ccc(OC(F)F)cc1. The van der Waals surface area contributed by atoms with Gasteiger partial charge in [0.15, 0.2) is 5.16 Å². The number of halogens is 3. The molecule has 0 bridgehead atoms. The van der Waals surface area contributed by atoms with Gasteiger partial charge in [-0.05, 0) is 60.5 Å². The van der Waals surface area contributed by atoms with Crippen LogP contribution in [0.15, 0.2) is 82.7 Å². The number of hydrogen-bond acceptors (Lipinski definition) is 5. The first kappa shape index (κ1) is 24.7. The molecule has 0 saturated carbocycles. The van der Waals surface area contributed by atoms with Crippen molar-refractivity contribution in [3.63, 3.8) is 0 Å². The van der Waals surface area contributed by atoms with Gasteiger partial charge in [-0.3, -0.25) is 14.2 Å². The molecule has 1 amide bonds. The molecule has 35 heavy (non-hydrogen) atoms. The van der Waals surface area contributed by atoms with Crippen LogP contribution >= 0.6 is 23.4 Å². The highest BCUT2D eigenvalue weighted by atomic mass is 35.5. The molecule has 0 unspecified atom stereocenters. The summed E-state index contributed by atoms with van der Waals surface area (Å²) in [5.74, 6) is -0.331. The number of para-hydroxylation sites is 1. The summed E-state index contributed by atoms with van der Waals surface area (Å²) in [4.78, 5) is 30.3. The van der Waals surface area contributed by atoms with E-state index in [2.05, 4.69) is 15.0 Å². The Balaban J connectivity index is 1.49. The van der Waals surface area contributed by atoms with E-state index in [9.17, 15) is 18.4 Å². The zero-order valence-corrected chi connectivity index (χ0v) is 19.9. The number of fused-ring (bicyclic) bond motifs is 1. The highest BCUT2D eigenvalue weighted by Crippen LogP contribution is 2.21. The van der Waals surface area contributed by atoms with Crippen molar-refractivity contribution < 1.29 is 18.3 Å². The standard InChI is InChI=1S/C25H20ClF2N3O3S/c26-17-7-5-16(6-8-17)13-14-31-23(33)20-3-1-2-4-21(20)30-25(31)35-15-22(32)29-18-9-11-19(12-10-18)34-24(27)28/h1-12,24H,13-15H2,(H,29,32). The Kier molecular flexibility index (Phi) is 7.99. The second-order valence-corrected chi connectivity index (χ2v) is 8.86. The third-order valence-corrected chi connectivity index (χ3v) is 6.29. The molecule has 0 spiro atoms. The summed E-state index contributed by atoms with van der Waals surface area (Å²) in [7, 11) is 0. The van der Waals surface area contributed by atoms with Gasteiger partial charge >= 0.3 is 6.61 Å². The number of rotatable bonds is 9. The number of benzene rings is 3. The summed E-state index contributed by atoms with van der Waals surface area (Å²) in [6, 6.07) is 20.1. The molecule has 0 radical (unpaired) electrons. The maximum absolute atomic E-state index is 13.2. The average molecular weight is 516 g/mol. The minimum Gasteiger partial charge on any atom is -0.435 e. The number of carbonyl (C=O) groups is 1. The first-order valence-corrected chi connectivity index (χ1v) is 12.0. The molecule has 180 valence electrons. The number of aromatic nitrogens is 2. The second kappa shape index (κ2) is 11.3. The number of amides is 1. The van der Waals surface area contributed by atoms with Crippen LogP contribution in [0.5, 0.6) is 5.75 Å². The van der Waals surface area contributed by atoms with Crippen molar-refractivity contribution in [3.8, 4) is 5.75 Å². The van der Waals surface area contributed by atoms with Gasteiger partial charge in [0.2, 0.25) is 5.91 Å². The van der Waals surface area contributed by atoms with E-state index in [4.69, 9.17) is 11.6 Å². The van der Waals surface area contributed by atoms with Gasteiger partial charge in [0.05, 0.1) is 16.7 Å². The number of alkyl halides is 2. The topological polar surface area (TPSA) is 73.2 Å². The smallest absolute Gasteiger partial charge is 0.387 e. The Morgan fingerprint density at radius 3 is 2.49 bits per heavy atom. The van der Waals surface area contributed by atoms with Crippen molar-refractivity contribution >= 4 is 45.9 Å². The second-order valence-electron chi connectivity index (χ2n) is 7.48. The fraction of sp³-hybridized carbons (Fsp3) is 0.160. The maximum Gasteiger partial charge on any atom is 0.387 e. The lowest BCUT2D eigenvalue weighted by molar-refractivity contribution is -0.113. The van der Waals surface area contributed by atoms with Gasteiger partial charge < -0.3 is 10.1 Å². The van der Waals surface area contributed by atoms with E-state index in [-0.39, 0.29) is 23.0 Å². The fourth-order valence-corrected chi connectivity index (χ4v) is 4.35. The summed E-state index contributed by atoms with van der Waals surface area (Å²) in [5, 5.41) is 4.26. The molecule has 0 saturated heterocycles. The Bertz CT molecular complexity index is 1380. The minimum absolute atomic E-state index is 0.00100. The summed E-state index contributed by atoms with van der Waals surface area (Å²) >= 11 is 7.11. The maximum atomic E-state index is 13.2. The molecule has 0 fully saturated rings. The van der Waals surface area contributed by atoms with E-state index in [1.165, 1.54) is 24.3 Å². The predicted octanol–water partition coefficient (Wildman–Crippen LogP) is 5.62. The number of carbonyl (C=O) groups excluding carboxylic acids is 1. The molecule has 0 atom stereocenters. The summed E-state index contributed by atoms with van der Waals surface area (Å²) < 4.78 is 30.5. The molecule has 0 aliphatic heterocycles. The van der Waals surface area contributed by atoms with Crippen LogP contribution in [0.1, 0.15) is 5.56 Å². The highest BCUT2D eigenvalue weighted by molar-refractivity contribution is 7.99. The van der Waals surface area contributed by atoms with E-state index in [1.807, 2.05) is 12.1 Å². The fourth-order valence-electron chi connectivity index (χ4n) is 3.39. The van der Waals surface area contributed by atoms with E-state index in [1.54, 1.807) is 41.0 Å². The summed E-state index contributed by atoms with van der Waals surface area (Å²) in [6.45, 7) is -2.54. The quantitative estimate of drug-likeness (QED) is 0.231. The average Bonchev–Trinajstić information content (AvgIpc) is 2.84. The van der Waals surface area contributed by atoms with E-state index in [0.29, 0.717) is 39.7 Å². The van der Waals surface area contributed by atoms with Gasteiger partial charge in [-0.15, -0.1) is 0 Å². The minimum atomic E-state index is -2.92. The lowest BCUT2D eigenvalue weighted by Gasteiger charge is -2.13. The number of thioether (sulfide) groups is 1. The first-order chi connectivity index (χ1) is 16.9. The number of aryl methyl sites for hydroxylation is 1. The third kappa shape index (κ3) is 6.58. The number of nitrogens with one attached hydrogen (secondary N) is 1. The van der Waals surface area contributed by atoms with Gasteiger partial charge in [-0.1, -0.05) is 47.6 Å². The van der Waals surface area contributed by atoms with Crippen LogP contribution in [0.2, 0.25) is 5.02 Å². The van der Waals surface area contributed by atoms with Gasteiger partial charge in [0.1, 0.15) is 5.75 Å². The number of hydrogen-bond donors (Lipinski definition) is 1. The van der Waals surface area contributed by atoms with Crippen LogP contribution in [-0.2, 0) is 17.8 Å². The summed E-state index contributed by atoms with van der Waals surface area (Å²) in [6.07, 6.45) is 0.587. The molecule has 10 heteroatoms. The predicted molar refractivity (Wildman–Crippen MR) is 134 cm³/mol. The monoisotopic (exact) mass is 515 g/mol. The molecule has 1 heterocycles. The van der Waals surface area contributed by atoms with Crippen molar-refractivity contribution in [2.24, 2.45) is 0 Å². The van der Waals surface area contributed by atoms with E-state index < -0.39 is 6.61 Å². The van der Waals surface area contributed by atoms with Crippen molar-refractivity contribution in [3.05, 3.63) is 93.7 Å². The zero-order chi connectivity index (χ0) is 24.8. The molecule has 0 aliphatic rings. The molecule has 1 N–H and O–H groups in total.